The van der Waals surface area contributed by atoms with Gasteiger partial charge in [0.05, 0.1) is 7.11 Å². The molecule has 1 unspecified atom stereocenters. The number of hydrogen-bond acceptors (Lipinski definition) is 3. The molecule has 2 N–H and O–H groups in total. The molecule has 7 heteroatoms. The van der Waals surface area contributed by atoms with Crippen molar-refractivity contribution >= 4 is 5.91 Å². The van der Waals surface area contributed by atoms with E-state index in [9.17, 15) is 18.0 Å². The Morgan fingerprint density at radius 2 is 2.21 bits per heavy atom. The van der Waals surface area contributed by atoms with Gasteiger partial charge in [-0.05, 0) is 13.0 Å². The number of hydrogen-bond donors (Lipinski definition) is 2. The second kappa shape index (κ2) is 3.74. The van der Waals surface area contributed by atoms with E-state index in [0.29, 0.717) is 0 Å². The average Bonchev–Trinajstić information content (AvgIpc) is 2.51. The highest BCUT2D eigenvalue weighted by Gasteiger charge is 2.61. The molecule has 1 saturated heterocycles. The Labute approximate surface area is 78.7 Å². The first-order valence-corrected chi connectivity index (χ1v) is 4.05. The maximum atomic E-state index is 12.6. The molecule has 0 spiro atoms. The second-order valence-electron chi connectivity index (χ2n) is 3.14. The number of alkyl halides is 3. The van der Waals surface area contributed by atoms with Crippen LogP contribution < -0.4 is 10.8 Å². The molecule has 1 rings (SSSR count). The van der Waals surface area contributed by atoms with E-state index < -0.39 is 24.0 Å². The van der Waals surface area contributed by atoms with Crippen LogP contribution >= 0.6 is 0 Å². The zero-order valence-corrected chi connectivity index (χ0v) is 7.57. The molecule has 14 heavy (non-hydrogen) atoms. The van der Waals surface area contributed by atoms with Gasteiger partial charge in [0.1, 0.15) is 0 Å². The molecule has 1 amide bonds. The average molecular weight is 212 g/mol. The van der Waals surface area contributed by atoms with E-state index in [4.69, 9.17) is 0 Å². The largest absolute Gasteiger partial charge is 0.404 e. The Bertz CT molecular complexity index is 223. The summed E-state index contributed by atoms with van der Waals surface area (Å²) in [5.41, 5.74) is -0.608. The minimum Gasteiger partial charge on any atom is -0.315 e. The zero-order chi connectivity index (χ0) is 10.8. The van der Waals surface area contributed by atoms with Crippen molar-refractivity contribution < 1.29 is 22.8 Å². The quantitative estimate of drug-likeness (QED) is 0.643. The molecule has 0 radical (unpaired) electrons. The summed E-state index contributed by atoms with van der Waals surface area (Å²) in [6, 6.07) is 0. The van der Waals surface area contributed by atoms with E-state index in [1.807, 2.05) is 0 Å². The summed E-state index contributed by atoms with van der Waals surface area (Å²) < 4.78 is 37.9. The number of hydroxylamine groups is 1. The van der Waals surface area contributed by atoms with Crippen LogP contribution in [0.5, 0.6) is 0 Å². The molecule has 0 aliphatic carbocycles. The summed E-state index contributed by atoms with van der Waals surface area (Å²) in [5.74, 6) is -1.14. The minimum atomic E-state index is -4.56. The highest BCUT2D eigenvalue weighted by Crippen LogP contribution is 2.43. The molecule has 1 aliphatic rings. The van der Waals surface area contributed by atoms with Gasteiger partial charge in [-0.1, -0.05) is 0 Å². The van der Waals surface area contributed by atoms with Crippen LogP contribution in [0.4, 0.5) is 13.2 Å². The van der Waals surface area contributed by atoms with Crippen molar-refractivity contribution in [2.24, 2.45) is 5.41 Å². The van der Waals surface area contributed by atoms with E-state index >= 15 is 0 Å². The molecule has 1 atom stereocenters. The van der Waals surface area contributed by atoms with Crippen LogP contribution in [0, 0.1) is 5.41 Å². The van der Waals surface area contributed by atoms with Gasteiger partial charge < -0.3 is 5.32 Å². The highest BCUT2D eigenvalue weighted by molar-refractivity contribution is 5.83. The Morgan fingerprint density at radius 3 is 2.57 bits per heavy atom. The topological polar surface area (TPSA) is 50.4 Å². The summed E-state index contributed by atoms with van der Waals surface area (Å²) in [7, 11) is 1.10. The van der Waals surface area contributed by atoms with Crippen LogP contribution in [0.3, 0.4) is 0 Å². The van der Waals surface area contributed by atoms with Crippen molar-refractivity contribution in [1.82, 2.24) is 10.8 Å². The molecule has 1 aliphatic heterocycles. The molecule has 0 aromatic carbocycles. The summed E-state index contributed by atoms with van der Waals surface area (Å²) >= 11 is 0. The van der Waals surface area contributed by atoms with Gasteiger partial charge in [0.2, 0.25) is 0 Å². The normalized spacial score (nSPS) is 27.7. The summed E-state index contributed by atoms with van der Waals surface area (Å²) in [6.07, 6.45) is -4.81. The second-order valence-corrected chi connectivity index (χ2v) is 3.14. The van der Waals surface area contributed by atoms with Gasteiger partial charge >= 0.3 is 6.18 Å². The maximum Gasteiger partial charge on any atom is 0.404 e. The first kappa shape index (κ1) is 11.3. The number of carbonyl (C=O) groups is 1. The number of nitrogens with one attached hydrogen (secondary N) is 2. The molecule has 1 fully saturated rings. The Hall–Kier alpha value is -0.820. The minimum absolute atomic E-state index is 0.177. The third-order valence-electron chi connectivity index (χ3n) is 2.33. The van der Waals surface area contributed by atoms with Crippen LogP contribution in [-0.4, -0.2) is 32.3 Å². The molecule has 0 saturated carbocycles. The van der Waals surface area contributed by atoms with Gasteiger partial charge in [0, 0.05) is 6.54 Å². The fraction of sp³-hybridized carbons (Fsp3) is 0.857. The SMILES string of the molecule is CONC(=O)C1(C(F)(F)F)CCNC1. The molecule has 1 heterocycles. The van der Waals surface area contributed by atoms with E-state index in [1.54, 1.807) is 5.48 Å². The smallest absolute Gasteiger partial charge is 0.315 e. The van der Waals surface area contributed by atoms with Crippen LogP contribution in [0.25, 0.3) is 0 Å². The van der Waals surface area contributed by atoms with Crippen molar-refractivity contribution in [2.75, 3.05) is 20.2 Å². The Morgan fingerprint density at radius 1 is 1.57 bits per heavy atom. The van der Waals surface area contributed by atoms with Crippen LogP contribution in [0.15, 0.2) is 0 Å². The molecule has 82 valence electrons. The third-order valence-corrected chi connectivity index (χ3v) is 2.33. The number of halogens is 3. The van der Waals surface area contributed by atoms with Gasteiger partial charge in [-0.3, -0.25) is 9.63 Å². The van der Waals surface area contributed by atoms with E-state index in [0.717, 1.165) is 7.11 Å². The van der Waals surface area contributed by atoms with Crippen molar-refractivity contribution in [2.45, 2.75) is 12.6 Å². The summed E-state index contributed by atoms with van der Waals surface area (Å²) in [5, 5.41) is 2.52. The highest BCUT2D eigenvalue weighted by atomic mass is 19.4. The van der Waals surface area contributed by atoms with Gasteiger partial charge in [0.25, 0.3) is 5.91 Å². The first-order chi connectivity index (χ1) is 6.44. The van der Waals surface area contributed by atoms with Crippen molar-refractivity contribution in [3.05, 3.63) is 0 Å². The third kappa shape index (κ3) is 1.69. The first-order valence-electron chi connectivity index (χ1n) is 4.05. The lowest BCUT2D eigenvalue weighted by molar-refractivity contribution is -0.220. The predicted octanol–water partition coefficient (Wildman–Crippen LogP) is 0.206. The maximum absolute atomic E-state index is 12.6. The lowest BCUT2D eigenvalue weighted by Crippen LogP contribution is -2.51. The number of amides is 1. The molecule has 0 aromatic heterocycles. The number of rotatable bonds is 2. The molecule has 4 nitrogen and oxygen atoms in total. The summed E-state index contributed by atoms with van der Waals surface area (Å²) in [4.78, 5) is 15.4. The standard InChI is InChI=1S/C7H11F3N2O2/c1-14-12-5(13)6(7(8,9)10)2-3-11-4-6/h11H,2-4H2,1H3,(H,12,13). The van der Waals surface area contributed by atoms with Crippen molar-refractivity contribution in [1.29, 1.82) is 0 Å². The number of carbonyl (C=O) groups excluding carboxylic acids is 1. The van der Waals surface area contributed by atoms with Crippen LogP contribution in [-0.2, 0) is 9.63 Å². The lowest BCUT2D eigenvalue weighted by atomic mass is 9.85. The fourth-order valence-electron chi connectivity index (χ4n) is 1.45. The zero-order valence-electron chi connectivity index (χ0n) is 7.57. The molecular formula is C7H11F3N2O2. The van der Waals surface area contributed by atoms with E-state index in [2.05, 4.69) is 10.2 Å². The fourth-order valence-corrected chi connectivity index (χ4v) is 1.45. The Kier molecular flexibility index (Phi) is 3.01. The Balaban J connectivity index is 2.87. The van der Waals surface area contributed by atoms with Gasteiger partial charge in [0.15, 0.2) is 5.41 Å². The predicted molar refractivity (Wildman–Crippen MR) is 41.1 cm³/mol. The van der Waals surface area contributed by atoms with Crippen LogP contribution in [0.1, 0.15) is 6.42 Å². The summed E-state index contributed by atoms with van der Waals surface area (Å²) in [6.45, 7) is -0.220. The van der Waals surface area contributed by atoms with Crippen LogP contribution in [0.2, 0.25) is 0 Å². The van der Waals surface area contributed by atoms with E-state index in [-0.39, 0.29) is 13.0 Å². The molecule has 0 aromatic rings. The van der Waals surface area contributed by atoms with Crippen molar-refractivity contribution in [3.63, 3.8) is 0 Å². The molecular weight excluding hydrogens is 201 g/mol. The van der Waals surface area contributed by atoms with Crippen molar-refractivity contribution in [3.8, 4) is 0 Å². The van der Waals surface area contributed by atoms with Gasteiger partial charge in [-0.2, -0.15) is 13.2 Å². The monoisotopic (exact) mass is 212 g/mol. The van der Waals surface area contributed by atoms with E-state index in [1.165, 1.54) is 0 Å². The van der Waals surface area contributed by atoms with Gasteiger partial charge in [-0.15, -0.1) is 0 Å². The molecule has 0 bridgehead atoms. The van der Waals surface area contributed by atoms with Gasteiger partial charge in [-0.25, -0.2) is 5.48 Å². The lowest BCUT2D eigenvalue weighted by Gasteiger charge is -2.28.